The summed E-state index contributed by atoms with van der Waals surface area (Å²) in [5.74, 6) is -0.518. The standard InChI is InChI=1S/C22H33NO4S/c1-2-17-13-15-28-20(17)16-19(24)12-11-18-8-7-9-21(25)23(18)14-6-4-3-5-10-22(26)27/h2,13,15,18-19,24H,1,3-12,14,16H2,(H,26,27)/t18-,19?/m1/s1. The molecule has 1 aromatic rings. The van der Waals surface area contributed by atoms with Gasteiger partial charge in [-0.1, -0.05) is 25.5 Å². The highest BCUT2D eigenvalue weighted by Gasteiger charge is 2.27. The van der Waals surface area contributed by atoms with Crippen molar-refractivity contribution in [2.75, 3.05) is 6.54 Å². The fourth-order valence-corrected chi connectivity index (χ4v) is 4.87. The van der Waals surface area contributed by atoms with Gasteiger partial charge < -0.3 is 15.1 Å². The molecule has 2 heterocycles. The van der Waals surface area contributed by atoms with Crippen LogP contribution in [0, 0.1) is 0 Å². The van der Waals surface area contributed by atoms with Crippen LogP contribution in [0.2, 0.25) is 0 Å². The molecule has 6 heteroatoms. The number of nitrogens with zero attached hydrogens (tertiary/aromatic N) is 1. The highest BCUT2D eigenvalue weighted by Crippen LogP contribution is 2.25. The molecule has 0 radical (unpaired) electrons. The first kappa shape index (κ1) is 22.6. The summed E-state index contributed by atoms with van der Waals surface area (Å²) in [5.41, 5.74) is 1.10. The Bertz CT molecular complexity index is 642. The number of rotatable bonds is 13. The van der Waals surface area contributed by atoms with Gasteiger partial charge in [-0.25, -0.2) is 0 Å². The molecule has 1 aliphatic rings. The Hall–Kier alpha value is -1.66. The zero-order valence-corrected chi connectivity index (χ0v) is 17.5. The van der Waals surface area contributed by atoms with Crippen LogP contribution in [0.5, 0.6) is 0 Å². The van der Waals surface area contributed by atoms with Crippen LogP contribution in [-0.4, -0.2) is 45.7 Å². The van der Waals surface area contributed by atoms with Crippen molar-refractivity contribution in [2.45, 2.75) is 82.8 Å². The molecule has 5 nitrogen and oxygen atoms in total. The number of likely N-dealkylation sites (tertiary alicyclic amines) is 1. The minimum atomic E-state index is -0.743. The molecule has 156 valence electrons. The highest BCUT2D eigenvalue weighted by molar-refractivity contribution is 7.10. The SMILES string of the molecule is C=Cc1ccsc1CC(O)CC[C@H]1CCCC(=O)N1CCCCCCC(=O)O. The quantitative estimate of drug-likeness (QED) is 0.472. The van der Waals surface area contributed by atoms with Gasteiger partial charge in [0.15, 0.2) is 0 Å². The number of hydrogen-bond donors (Lipinski definition) is 2. The van der Waals surface area contributed by atoms with E-state index in [-0.39, 0.29) is 18.4 Å². The van der Waals surface area contributed by atoms with Gasteiger partial charge in [-0.3, -0.25) is 9.59 Å². The van der Waals surface area contributed by atoms with Crippen LogP contribution < -0.4 is 0 Å². The second kappa shape index (κ2) is 12.0. The number of aliphatic hydroxyl groups is 1. The van der Waals surface area contributed by atoms with Crippen molar-refractivity contribution in [3.8, 4) is 0 Å². The average molecular weight is 408 g/mol. The van der Waals surface area contributed by atoms with E-state index in [1.54, 1.807) is 11.3 Å². The largest absolute Gasteiger partial charge is 0.481 e. The van der Waals surface area contributed by atoms with E-state index < -0.39 is 12.1 Å². The molecule has 2 atom stereocenters. The van der Waals surface area contributed by atoms with Gasteiger partial charge in [0.05, 0.1) is 6.10 Å². The second-order valence-electron chi connectivity index (χ2n) is 7.63. The molecule has 2 N–H and O–H groups in total. The van der Waals surface area contributed by atoms with Crippen LogP contribution in [0.1, 0.15) is 74.6 Å². The number of thiophene rings is 1. The number of carboxylic acids is 1. The van der Waals surface area contributed by atoms with E-state index in [0.717, 1.165) is 50.6 Å². The topological polar surface area (TPSA) is 77.8 Å². The van der Waals surface area contributed by atoms with Crippen molar-refractivity contribution in [2.24, 2.45) is 0 Å². The van der Waals surface area contributed by atoms with E-state index >= 15 is 0 Å². The molecular formula is C22H33NO4S. The lowest BCUT2D eigenvalue weighted by Crippen LogP contribution is -2.44. The molecular weight excluding hydrogens is 374 g/mol. The van der Waals surface area contributed by atoms with Crippen LogP contribution in [-0.2, 0) is 16.0 Å². The first-order valence-corrected chi connectivity index (χ1v) is 11.3. The number of carbonyl (C=O) groups is 2. The third-order valence-corrected chi connectivity index (χ3v) is 6.44. The number of unbranched alkanes of at least 4 members (excludes halogenated alkanes) is 3. The maximum absolute atomic E-state index is 12.4. The van der Waals surface area contributed by atoms with Gasteiger partial charge in [-0.2, -0.15) is 0 Å². The lowest BCUT2D eigenvalue weighted by Gasteiger charge is -2.36. The van der Waals surface area contributed by atoms with Gasteiger partial charge in [-0.15, -0.1) is 11.3 Å². The third kappa shape index (κ3) is 7.40. The van der Waals surface area contributed by atoms with Crippen molar-refractivity contribution in [1.29, 1.82) is 0 Å². The normalized spacial score (nSPS) is 18.2. The Kier molecular flexibility index (Phi) is 9.71. The smallest absolute Gasteiger partial charge is 0.303 e. The predicted molar refractivity (Wildman–Crippen MR) is 113 cm³/mol. The zero-order chi connectivity index (χ0) is 20.4. The van der Waals surface area contributed by atoms with Crippen molar-refractivity contribution < 1.29 is 19.8 Å². The molecule has 0 bridgehead atoms. The van der Waals surface area contributed by atoms with Gasteiger partial charge in [-0.05, 0) is 55.5 Å². The Morgan fingerprint density at radius 3 is 2.89 bits per heavy atom. The Morgan fingerprint density at radius 2 is 2.14 bits per heavy atom. The fourth-order valence-electron chi connectivity index (χ4n) is 3.91. The van der Waals surface area contributed by atoms with E-state index in [4.69, 9.17) is 5.11 Å². The molecule has 0 spiro atoms. The Balaban J connectivity index is 1.75. The summed E-state index contributed by atoms with van der Waals surface area (Å²) in [6.07, 6.45) is 9.86. The number of amides is 1. The molecule has 1 unspecified atom stereocenters. The predicted octanol–water partition coefficient (Wildman–Crippen LogP) is 4.49. The minimum absolute atomic E-state index is 0.220. The number of aliphatic hydroxyl groups excluding tert-OH is 1. The first-order valence-electron chi connectivity index (χ1n) is 10.4. The van der Waals surface area contributed by atoms with E-state index in [2.05, 4.69) is 6.58 Å². The molecule has 1 saturated heterocycles. The van der Waals surface area contributed by atoms with E-state index in [0.29, 0.717) is 25.7 Å². The maximum Gasteiger partial charge on any atom is 0.303 e. The summed E-state index contributed by atoms with van der Waals surface area (Å²) in [6.45, 7) is 4.56. The first-order chi connectivity index (χ1) is 13.5. The van der Waals surface area contributed by atoms with Crippen molar-refractivity contribution in [3.63, 3.8) is 0 Å². The molecule has 28 heavy (non-hydrogen) atoms. The van der Waals surface area contributed by atoms with Crippen LogP contribution >= 0.6 is 11.3 Å². The molecule has 1 aliphatic heterocycles. The Morgan fingerprint density at radius 1 is 1.36 bits per heavy atom. The molecule has 1 amide bonds. The van der Waals surface area contributed by atoms with E-state index in [9.17, 15) is 14.7 Å². The van der Waals surface area contributed by atoms with Crippen molar-refractivity contribution in [3.05, 3.63) is 28.5 Å². The number of piperidine rings is 1. The van der Waals surface area contributed by atoms with Crippen molar-refractivity contribution >= 4 is 29.3 Å². The lowest BCUT2D eigenvalue weighted by molar-refractivity contribution is -0.137. The number of hydrogen-bond acceptors (Lipinski definition) is 4. The third-order valence-electron chi connectivity index (χ3n) is 5.48. The van der Waals surface area contributed by atoms with Crippen molar-refractivity contribution in [1.82, 2.24) is 4.90 Å². The second-order valence-corrected chi connectivity index (χ2v) is 8.63. The minimum Gasteiger partial charge on any atom is -0.481 e. The monoisotopic (exact) mass is 407 g/mol. The van der Waals surface area contributed by atoms with Gasteiger partial charge in [0, 0.05) is 36.7 Å². The molecule has 2 rings (SSSR count). The summed E-state index contributed by atoms with van der Waals surface area (Å²) < 4.78 is 0. The van der Waals surface area contributed by atoms with Crippen LogP contribution in [0.25, 0.3) is 6.08 Å². The zero-order valence-electron chi connectivity index (χ0n) is 16.6. The lowest BCUT2D eigenvalue weighted by atomic mass is 9.94. The molecule has 0 aromatic carbocycles. The van der Waals surface area contributed by atoms with Gasteiger partial charge in [0.1, 0.15) is 0 Å². The summed E-state index contributed by atoms with van der Waals surface area (Å²) in [4.78, 5) is 26.1. The van der Waals surface area contributed by atoms with Gasteiger partial charge in [0.25, 0.3) is 0 Å². The maximum atomic E-state index is 12.4. The Labute approximate surface area is 172 Å². The van der Waals surface area contributed by atoms with Crippen LogP contribution in [0.15, 0.2) is 18.0 Å². The summed E-state index contributed by atoms with van der Waals surface area (Å²) >= 11 is 1.65. The number of carboxylic acid groups (broad SMARTS) is 1. The summed E-state index contributed by atoms with van der Waals surface area (Å²) in [5, 5.41) is 21.2. The molecule has 1 fully saturated rings. The van der Waals surface area contributed by atoms with Crippen LogP contribution in [0.3, 0.4) is 0 Å². The number of carbonyl (C=O) groups excluding carboxylic acids is 1. The summed E-state index contributed by atoms with van der Waals surface area (Å²) in [6, 6.07) is 2.25. The fraction of sp³-hybridized carbons (Fsp3) is 0.636. The molecule has 0 saturated carbocycles. The molecule has 1 aromatic heterocycles. The summed E-state index contributed by atoms with van der Waals surface area (Å²) in [7, 11) is 0. The van der Waals surface area contributed by atoms with E-state index in [1.165, 1.54) is 4.88 Å². The van der Waals surface area contributed by atoms with Gasteiger partial charge in [0.2, 0.25) is 5.91 Å². The van der Waals surface area contributed by atoms with Crippen LogP contribution in [0.4, 0.5) is 0 Å². The van der Waals surface area contributed by atoms with E-state index in [1.807, 2.05) is 22.4 Å². The average Bonchev–Trinajstić information content (AvgIpc) is 3.11. The highest BCUT2D eigenvalue weighted by atomic mass is 32.1. The molecule has 0 aliphatic carbocycles. The number of aliphatic carboxylic acids is 1. The van der Waals surface area contributed by atoms with Gasteiger partial charge >= 0.3 is 5.97 Å².